The molecule has 15 heavy (non-hydrogen) atoms. The Kier molecular flexibility index (Phi) is 3.16. The molecule has 0 bridgehead atoms. The fourth-order valence-corrected chi connectivity index (χ4v) is 2.40. The van der Waals surface area contributed by atoms with Crippen LogP contribution in [0.1, 0.15) is 25.7 Å². The van der Waals surface area contributed by atoms with Crippen molar-refractivity contribution < 1.29 is 4.79 Å². The Morgan fingerprint density at radius 3 is 3.20 bits per heavy atom. The third-order valence-electron chi connectivity index (χ3n) is 2.65. The highest BCUT2D eigenvalue weighted by atomic mass is 32.1. The molecule has 1 atom stereocenters. The normalized spacial score (nSPS) is 21.3. The van der Waals surface area contributed by atoms with Crippen LogP contribution >= 0.6 is 11.3 Å². The Labute approximate surface area is 93.2 Å². The summed E-state index contributed by atoms with van der Waals surface area (Å²) in [6.45, 7) is 3.95. The first-order chi connectivity index (χ1) is 7.25. The molecule has 80 valence electrons. The van der Waals surface area contributed by atoms with Gasteiger partial charge in [-0.1, -0.05) is 12.2 Å². The number of nitrogens with zero attached hydrogens (tertiary/aromatic N) is 1. The highest BCUT2D eigenvalue weighted by molar-refractivity contribution is 7.13. The van der Waals surface area contributed by atoms with Crippen LogP contribution in [0.5, 0.6) is 0 Å². The first-order valence-electron chi connectivity index (χ1n) is 5.12. The fraction of sp³-hybridized carbons (Fsp3) is 0.455. The van der Waals surface area contributed by atoms with Gasteiger partial charge in [-0.3, -0.25) is 4.79 Å². The van der Waals surface area contributed by atoms with Crippen LogP contribution in [0, 0.1) is 5.92 Å². The Morgan fingerprint density at radius 2 is 2.53 bits per heavy atom. The van der Waals surface area contributed by atoms with Crippen molar-refractivity contribution in [1.29, 1.82) is 0 Å². The smallest absolute Gasteiger partial charge is 0.229 e. The average Bonchev–Trinajstić information content (AvgIpc) is 2.70. The second-order valence-corrected chi connectivity index (χ2v) is 4.76. The lowest BCUT2D eigenvalue weighted by atomic mass is 9.86. The van der Waals surface area contributed by atoms with Crippen LogP contribution in [-0.4, -0.2) is 10.9 Å². The number of thiazole rings is 1. The molecule has 1 unspecified atom stereocenters. The quantitative estimate of drug-likeness (QED) is 0.782. The molecule has 0 spiro atoms. The van der Waals surface area contributed by atoms with E-state index in [1.165, 1.54) is 16.9 Å². The van der Waals surface area contributed by atoms with E-state index in [0.717, 1.165) is 25.7 Å². The minimum atomic E-state index is 0.0887. The zero-order valence-corrected chi connectivity index (χ0v) is 9.35. The highest BCUT2D eigenvalue weighted by Gasteiger charge is 2.23. The van der Waals surface area contributed by atoms with Crippen LogP contribution < -0.4 is 5.32 Å². The summed E-state index contributed by atoms with van der Waals surface area (Å²) in [5.74, 6) is 0.181. The van der Waals surface area contributed by atoms with Crippen LogP contribution in [-0.2, 0) is 4.79 Å². The third-order valence-corrected chi connectivity index (χ3v) is 3.34. The van der Waals surface area contributed by atoms with E-state index in [-0.39, 0.29) is 11.8 Å². The maximum absolute atomic E-state index is 11.8. The number of aromatic nitrogens is 1. The number of carbonyl (C=O) groups excluding carboxylic acids is 1. The second kappa shape index (κ2) is 4.57. The summed E-state index contributed by atoms with van der Waals surface area (Å²) in [6.07, 6.45) is 5.64. The van der Waals surface area contributed by atoms with E-state index in [1.807, 2.05) is 5.38 Å². The predicted octanol–water partition coefficient (Wildman–Crippen LogP) is 2.83. The first-order valence-corrected chi connectivity index (χ1v) is 6.00. The molecule has 1 heterocycles. The number of carbonyl (C=O) groups is 1. The zero-order valence-electron chi connectivity index (χ0n) is 8.53. The fourth-order valence-electron chi connectivity index (χ4n) is 1.87. The number of nitrogens with one attached hydrogen (secondary N) is 1. The molecule has 1 aromatic rings. The number of amides is 1. The number of hydrogen-bond acceptors (Lipinski definition) is 3. The van der Waals surface area contributed by atoms with Gasteiger partial charge in [-0.15, -0.1) is 11.3 Å². The molecule has 0 aliphatic heterocycles. The molecule has 1 aliphatic carbocycles. The van der Waals surface area contributed by atoms with Gasteiger partial charge in [-0.05, 0) is 25.7 Å². The summed E-state index contributed by atoms with van der Waals surface area (Å²) >= 11 is 1.45. The number of anilines is 1. The molecule has 4 heteroatoms. The molecular formula is C11H14N2OS. The Morgan fingerprint density at radius 1 is 1.67 bits per heavy atom. The molecule has 1 amide bonds. The standard InChI is InChI=1S/C11H14N2OS/c1-8-3-2-4-9(7-8)10(14)13-11-12-5-6-15-11/h5-6,9H,1-4,7H2,(H,12,13,14). The largest absolute Gasteiger partial charge is 0.302 e. The molecule has 1 aromatic heterocycles. The summed E-state index contributed by atoms with van der Waals surface area (Å²) in [5, 5.41) is 5.39. The first kappa shape index (κ1) is 10.4. The van der Waals surface area contributed by atoms with Crippen molar-refractivity contribution in [3.63, 3.8) is 0 Å². The molecule has 3 nitrogen and oxygen atoms in total. The number of hydrogen-bond donors (Lipinski definition) is 1. The van der Waals surface area contributed by atoms with Crippen molar-refractivity contribution in [2.45, 2.75) is 25.7 Å². The minimum Gasteiger partial charge on any atom is -0.302 e. The maximum atomic E-state index is 11.8. The zero-order chi connectivity index (χ0) is 10.7. The van der Waals surface area contributed by atoms with E-state index >= 15 is 0 Å². The summed E-state index contributed by atoms with van der Waals surface area (Å²) in [6, 6.07) is 0. The van der Waals surface area contributed by atoms with Gasteiger partial charge in [0, 0.05) is 17.5 Å². The topological polar surface area (TPSA) is 42.0 Å². The van der Waals surface area contributed by atoms with Crippen molar-refractivity contribution in [3.05, 3.63) is 23.7 Å². The monoisotopic (exact) mass is 222 g/mol. The van der Waals surface area contributed by atoms with Crippen molar-refractivity contribution in [3.8, 4) is 0 Å². The lowest BCUT2D eigenvalue weighted by Crippen LogP contribution is -2.25. The van der Waals surface area contributed by atoms with Crippen LogP contribution in [0.25, 0.3) is 0 Å². The van der Waals surface area contributed by atoms with E-state index in [4.69, 9.17) is 0 Å². The molecular weight excluding hydrogens is 208 g/mol. The van der Waals surface area contributed by atoms with Gasteiger partial charge in [0.1, 0.15) is 0 Å². The van der Waals surface area contributed by atoms with Crippen LogP contribution in [0.2, 0.25) is 0 Å². The number of allylic oxidation sites excluding steroid dienone is 1. The van der Waals surface area contributed by atoms with Gasteiger partial charge in [0.15, 0.2) is 5.13 Å². The Balaban J connectivity index is 1.93. The molecule has 0 aromatic carbocycles. The SMILES string of the molecule is C=C1CCCC(C(=O)Nc2nccs2)C1. The van der Waals surface area contributed by atoms with Gasteiger partial charge in [-0.2, -0.15) is 0 Å². The summed E-state index contributed by atoms with van der Waals surface area (Å²) in [7, 11) is 0. The number of rotatable bonds is 2. The van der Waals surface area contributed by atoms with Crippen molar-refractivity contribution in [2.24, 2.45) is 5.92 Å². The van der Waals surface area contributed by atoms with E-state index in [9.17, 15) is 4.79 Å². The molecule has 2 rings (SSSR count). The van der Waals surface area contributed by atoms with E-state index < -0.39 is 0 Å². The highest BCUT2D eigenvalue weighted by Crippen LogP contribution is 2.28. The van der Waals surface area contributed by atoms with E-state index in [1.54, 1.807) is 6.20 Å². The summed E-state index contributed by atoms with van der Waals surface area (Å²) in [5.41, 5.74) is 1.19. The molecule has 1 N–H and O–H groups in total. The van der Waals surface area contributed by atoms with Crippen LogP contribution in [0.15, 0.2) is 23.7 Å². The van der Waals surface area contributed by atoms with Gasteiger partial charge < -0.3 is 5.32 Å². The van der Waals surface area contributed by atoms with E-state index in [2.05, 4.69) is 16.9 Å². The molecule has 1 fully saturated rings. The van der Waals surface area contributed by atoms with Gasteiger partial charge in [0.2, 0.25) is 5.91 Å². The van der Waals surface area contributed by atoms with Crippen LogP contribution in [0.4, 0.5) is 5.13 Å². The van der Waals surface area contributed by atoms with Gasteiger partial charge in [-0.25, -0.2) is 4.98 Å². The lowest BCUT2D eigenvalue weighted by molar-refractivity contribution is -0.120. The predicted molar refractivity (Wildman–Crippen MR) is 61.8 cm³/mol. The van der Waals surface area contributed by atoms with Crippen molar-refractivity contribution in [2.75, 3.05) is 5.32 Å². The van der Waals surface area contributed by atoms with Crippen LogP contribution in [0.3, 0.4) is 0 Å². The summed E-state index contributed by atoms with van der Waals surface area (Å²) in [4.78, 5) is 15.9. The Bertz CT molecular complexity index is 359. The molecule has 0 radical (unpaired) electrons. The minimum absolute atomic E-state index is 0.0887. The van der Waals surface area contributed by atoms with Crippen molar-refractivity contribution >= 4 is 22.4 Å². The average molecular weight is 222 g/mol. The maximum Gasteiger partial charge on any atom is 0.229 e. The van der Waals surface area contributed by atoms with Crippen molar-refractivity contribution in [1.82, 2.24) is 4.98 Å². The Hall–Kier alpha value is -1.16. The lowest BCUT2D eigenvalue weighted by Gasteiger charge is -2.21. The van der Waals surface area contributed by atoms with E-state index in [0.29, 0.717) is 5.13 Å². The second-order valence-electron chi connectivity index (χ2n) is 3.87. The van der Waals surface area contributed by atoms with Gasteiger partial charge in [0.25, 0.3) is 0 Å². The molecule has 1 aliphatic rings. The van der Waals surface area contributed by atoms with Gasteiger partial charge in [0.05, 0.1) is 0 Å². The third kappa shape index (κ3) is 2.65. The van der Waals surface area contributed by atoms with Gasteiger partial charge >= 0.3 is 0 Å². The molecule has 0 saturated heterocycles. The summed E-state index contributed by atoms with van der Waals surface area (Å²) < 4.78 is 0. The molecule has 1 saturated carbocycles.